The number of ether oxygens (including phenoxy) is 1. The Kier molecular flexibility index (Phi) is 4.09. The summed E-state index contributed by atoms with van der Waals surface area (Å²) < 4.78 is 6.15. The Morgan fingerprint density at radius 1 is 1.53 bits per heavy atom. The lowest BCUT2D eigenvalue weighted by Gasteiger charge is -2.15. The van der Waals surface area contributed by atoms with Crippen molar-refractivity contribution in [3.8, 4) is 5.75 Å². The lowest BCUT2D eigenvalue weighted by Crippen LogP contribution is -2.25. The minimum atomic E-state index is -0.319. The van der Waals surface area contributed by atoms with Crippen molar-refractivity contribution in [1.82, 2.24) is 5.32 Å². The molecule has 5 nitrogen and oxygen atoms in total. The summed E-state index contributed by atoms with van der Waals surface area (Å²) in [6.07, 6.45) is 0.240. The third kappa shape index (κ3) is 3.07. The number of anilines is 1. The molecule has 1 fully saturated rings. The average Bonchev–Trinajstić information content (AvgIpc) is 2.78. The molecule has 1 heterocycles. The van der Waals surface area contributed by atoms with Crippen molar-refractivity contribution in [2.24, 2.45) is 5.92 Å². The van der Waals surface area contributed by atoms with E-state index in [-0.39, 0.29) is 24.2 Å². The molecule has 1 aromatic rings. The molecule has 1 aromatic carbocycles. The second-order valence-corrected chi connectivity index (χ2v) is 5.41. The van der Waals surface area contributed by atoms with Gasteiger partial charge in [0.1, 0.15) is 5.75 Å². The van der Waals surface area contributed by atoms with E-state index >= 15 is 0 Å². The van der Waals surface area contributed by atoms with Gasteiger partial charge in [-0.15, -0.1) is 0 Å². The van der Waals surface area contributed by atoms with Crippen molar-refractivity contribution in [3.63, 3.8) is 0 Å². The fraction of sp³-hybridized carbons (Fsp3) is 0.385. The molecule has 2 N–H and O–H groups in total. The Morgan fingerprint density at radius 2 is 2.26 bits per heavy atom. The first kappa shape index (κ1) is 13.9. The quantitative estimate of drug-likeness (QED) is 0.890. The smallest absolute Gasteiger partial charge is 0.229 e. The predicted octanol–water partition coefficient (Wildman–Crippen LogP) is 1.84. The number of rotatable bonds is 3. The molecular formula is C13H15BrN2O3. The van der Waals surface area contributed by atoms with Crippen molar-refractivity contribution >= 4 is 33.4 Å². The highest BCUT2D eigenvalue weighted by Crippen LogP contribution is 2.32. The van der Waals surface area contributed by atoms with Crippen LogP contribution < -0.4 is 15.4 Å². The molecule has 0 aliphatic carbocycles. The number of carbonyl (C=O) groups is 2. The summed E-state index contributed by atoms with van der Waals surface area (Å²) >= 11 is 3.38. The topological polar surface area (TPSA) is 67.4 Å². The van der Waals surface area contributed by atoms with Crippen LogP contribution in [0.1, 0.15) is 12.0 Å². The highest BCUT2D eigenvalue weighted by Gasteiger charge is 2.28. The van der Waals surface area contributed by atoms with Crippen LogP contribution in [0.5, 0.6) is 5.75 Å². The van der Waals surface area contributed by atoms with E-state index in [1.807, 2.05) is 13.0 Å². The third-order valence-electron chi connectivity index (χ3n) is 3.08. The summed E-state index contributed by atoms with van der Waals surface area (Å²) in [6, 6.07) is 3.69. The lowest BCUT2D eigenvalue weighted by atomic mass is 10.1. The zero-order chi connectivity index (χ0) is 14.0. The summed E-state index contributed by atoms with van der Waals surface area (Å²) in [5.74, 6) is 0.0273. The molecule has 0 bridgehead atoms. The van der Waals surface area contributed by atoms with Crippen molar-refractivity contribution in [1.29, 1.82) is 0 Å². The van der Waals surface area contributed by atoms with Crippen molar-refractivity contribution in [2.45, 2.75) is 13.3 Å². The number of hydrogen-bond acceptors (Lipinski definition) is 3. The van der Waals surface area contributed by atoms with Gasteiger partial charge >= 0.3 is 0 Å². The fourth-order valence-corrected chi connectivity index (χ4v) is 2.60. The molecule has 19 heavy (non-hydrogen) atoms. The molecule has 102 valence electrons. The number of carbonyl (C=O) groups excluding carboxylic acids is 2. The minimum absolute atomic E-state index is 0.0837. The Morgan fingerprint density at radius 3 is 2.84 bits per heavy atom. The van der Waals surface area contributed by atoms with E-state index in [1.54, 1.807) is 13.2 Å². The largest absolute Gasteiger partial charge is 0.495 e. The zero-order valence-corrected chi connectivity index (χ0v) is 12.3. The number of methoxy groups -OCH3 is 1. The number of hydrogen-bond donors (Lipinski definition) is 2. The number of nitrogens with one attached hydrogen (secondary N) is 2. The van der Waals surface area contributed by atoms with Crippen LogP contribution in [0.15, 0.2) is 16.6 Å². The summed E-state index contributed by atoms with van der Waals surface area (Å²) in [5, 5.41) is 5.49. The van der Waals surface area contributed by atoms with E-state index in [2.05, 4.69) is 26.6 Å². The summed E-state index contributed by atoms with van der Waals surface area (Å²) in [6.45, 7) is 2.28. The Hall–Kier alpha value is -1.56. The molecule has 6 heteroatoms. The summed E-state index contributed by atoms with van der Waals surface area (Å²) in [5.41, 5.74) is 1.55. The van der Waals surface area contributed by atoms with Gasteiger partial charge in [0.2, 0.25) is 11.8 Å². The van der Waals surface area contributed by atoms with Crippen LogP contribution in [0, 0.1) is 12.8 Å². The highest BCUT2D eigenvalue weighted by atomic mass is 79.9. The second-order valence-electron chi connectivity index (χ2n) is 4.49. The highest BCUT2D eigenvalue weighted by molar-refractivity contribution is 9.10. The number of amides is 2. The summed E-state index contributed by atoms with van der Waals surface area (Å²) in [4.78, 5) is 23.2. The maximum Gasteiger partial charge on any atom is 0.229 e. The fourth-order valence-electron chi connectivity index (χ4n) is 2.05. The predicted molar refractivity (Wildman–Crippen MR) is 75.2 cm³/mol. The average molecular weight is 327 g/mol. The van der Waals surface area contributed by atoms with Gasteiger partial charge in [-0.1, -0.05) is 15.9 Å². The first-order chi connectivity index (χ1) is 9.01. The van der Waals surface area contributed by atoms with E-state index in [0.717, 1.165) is 10.0 Å². The number of aryl methyl sites for hydroxylation is 1. The maximum absolute atomic E-state index is 12.1. The van der Waals surface area contributed by atoms with Crippen LogP contribution in [0.2, 0.25) is 0 Å². The second kappa shape index (κ2) is 5.61. The molecule has 1 aliphatic rings. The van der Waals surface area contributed by atoms with Gasteiger partial charge < -0.3 is 15.4 Å². The van der Waals surface area contributed by atoms with Crippen LogP contribution >= 0.6 is 15.9 Å². The van der Waals surface area contributed by atoms with Crippen LogP contribution in [-0.4, -0.2) is 25.5 Å². The first-order valence-corrected chi connectivity index (χ1v) is 6.72. The maximum atomic E-state index is 12.1. The van der Waals surface area contributed by atoms with Crippen LogP contribution in [0.3, 0.4) is 0 Å². The number of halogens is 1. The molecule has 0 saturated carbocycles. The molecular weight excluding hydrogens is 312 g/mol. The molecule has 1 aliphatic heterocycles. The van der Waals surface area contributed by atoms with Gasteiger partial charge in [0, 0.05) is 17.4 Å². The van der Waals surface area contributed by atoms with E-state index in [0.29, 0.717) is 18.0 Å². The molecule has 2 rings (SSSR count). The Labute approximate surface area is 119 Å². The lowest BCUT2D eigenvalue weighted by molar-refractivity contribution is -0.123. The molecule has 1 atom stereocenters. The molecule has 2 amide bonds. The van der Waals surface area contributed by atoms with Gasteiger partial charge in [0.25, 0.3) is 0 Å². The van der Waals surface area contributed by atoms with Crippen LogP contribution in [0.4, 0.5) is 5.69 Å². The van der Waals surface area contributed by atoms with E-state index in [4.69, 9.17) is 4.74 Å². The van der Waals surface area contributed by atoms with Crippen molar-refractivity contribution in [3.05, 3.63) is 22.2 Å². The summed E-state index contributed by atoms with van der Waals surface area (Å²) in [7, 11) is 1.55. The van der Waals surface area contributed by atoms with Crippen LogP contribution in [0.25, 0.3) is 0 Å². The van der Waals surface area contributed by atoms with Crippen molar-refractivity contribution < 1.29 is 14.3 Å². The SMILES string of the molecule is COc1cc(Br)cc(C)c1NC(=O)C1CNC(=O)C1. The van der Waals surface area contributed by atoms with Gasteiger partial charge in [-0.05, 0) is 24.6 Å². The standard InChI is InChI=1S/C13H15BrN2O3/c1-7-3-9(14)5-10(19-2)12(7)16-13(18)8-4-11(17)15-6-8/h3,5,8H,4,6H2,1-2H3,(H,15,17)(H,16,18). The molecule has 1 saturated heterocycles. The van der Waals surface area contributed by atoms with Gasteiger partial charge in [-0.25, -0.2) is 0 Å². The zero-order valence-electron chi connectivity index (χ0n) is 10.7. The first-order valence-electron chi connectivity index (χ1n) is 5.93. The molecule has 0 spiro atoms. The molecule has 1 unspecified atom stereocenters. The van der Waals surface area contributed by atoms with E-state index in [1.165, 1.54) is 0 Å². The van der Waals surface area contributed by atoms with E-state index < -0.39 is 0 Å². The van der Waals surface area contributed by atoms with Gasteiger partial charge in [0.15, 0.2) is 0 Å². The monoisotopic (exact) mass is 326 g/mol. The Bertz CT molecular complexity index is 531. The van der Waals surface area contributed by atoms with Crippen LogP contribution in [-0.2, 0) is 9.59 Å². The molecule has 0 aromatic heterocycles. The van der Waals surface area contributed by atoms with Crippen molar-refractivity contribution in [2.75, 3.05) is 19.0 Å². The number of benzene rings is 1. The normalized spacial score (nSPS) is 18.1. The van der Waals surface area contributed by atoms with Gasteiger partial charge in [-0.2, -0.15) is 0 Å². The van der Waals surface area contributed by atoms with E-state index in [9.17, 15) is 9.59 Å². The van der Waals surface area contributed by atoms with Gasteiger partial charge in [-0.3, -0.25) is 9.59 Å². The Balaban J connectivity index is 2.19. The third-order valence-corrected chi connectivity index (χ3v) is 3.54. The molecule has 0 radical (unpaired) electrons. The van der Waals surface area contributed by atoms with Gasteiger partial charge in [0.05, 0.1) is 18.7 Å². The minimum Gasteiger partial charge on any atom is -0.495 e.